The number of carbonyl (C=O) groups excluding carboxylic acids is 1. The molecular formula is C10H23CaNO6. The average Bonchev–Trinajstić information content (AvgIpc) is 2.22. The van der Waals surface area contributed by atoms with Gasteiger partial charge in [-0.05, 0) is 6.42 Å². The molecule has 0 aliphatic rings. The largest absolute Gasteiger partial charge is 2.00 e. The summed E-state index contributed by atoms with van der Waals surface area (Å²) in [4.78, 5) is 21.6. The summed E-state index contributed by atoms with van der Waals surface area (Å²) < 4.78 is 0. The van der Waals surface area contributed by atoms with Crippen LogP contribution in [0.2, 0.25) is 0 Å². The van der Waals surface area contributed by atoms with Crippen molar-refractivity contribution in [3.8, 4) is 0 Å². The zero-order valence-electron chi connectivity index (χ0n) is 12.8. The van der Waals surface area contributed by atoms with E-state index in [2.05, 4.69) is 5.32 Å². The molecular weight excluding hydrogens is 270 g/mol. The maximum absolute atomic E-state index is 11.4. The molecule has 0 aromatic heterocycles. The Hall–Kier alpha value is 0.0797. The smallest absolute Gasteiger partial charge is 1.00 e. The van der Waals surface area contributed by atoms with Crippen LogP contribution < -0.4 is 5.32 Å². The molecule has 8 heteroatoms. The monoisotopic (exact) mass is 293 g/mol. The average molecular weight is 293 g/mol. The third-order valence-electron chi connectivity index (χ3n) is 2.26. The number of hydrogen-bond donors (Lipinski definition) is 4. The Morgan fingerprint density at radius 3 is 2.28 bits per heavy atom. The van der Waals surface area contributed by atoms with Crippen LogP contribution in [-0.2, 0) is 9.59 Å². The maximum atomic E-state index is 11.4. The van der Waals surface area contributed by atoms with Crippen LogP contribution in [0.15, 0.2) is 0 Å². The summed E-state index contributed by atoms with van der Waals surface area (Å²) >= 11 is 0. The van der Waals surface area contributed by atoms with Crippen molar-refractivity contribution in [3.63, 3.8) is 0 Å². The molecule has 0 saturated carbocycles. The van der Waals surface area contributed by atoms with Crippen LogP contribution in [0.3, 0.4) is 0 Å². The first kappa shape index (κ1) is 23.2. The van der Waals surface area contributed by atoms with Gasteiger partial charge in [0.05, 0.1) is 6.61 Å². The minimum Gasteiger partial charge on any atom is -1.00 e. The Balaban J connectivity index is -0.000000187. The van der Waals surface area contributed by atoms with Gasteiger partial charge in [-0.2, -0.15) is 0 Å². The van der Waals surface area contributed by atoms with Crippen molar-refractivity contribution in [3.05, 3.63) is 0 Å². The number of rotatable bonds is 7. The Labute approximate surface area is 139 Å². The molecule has 6 N–H and O–H groups in total. The Morgan fingerprint density at radius 1 is 1.39 bits per heavy atom. The van der Waals surface area contributed by atoms with Gasteiger partial charge in [-0.1, -0.05) is 13.8 Å². The number of carbonyl (C=O) groups is 2. The van der Waals surface area contributed by atoms with Gasteiger partial charge in [0.25, 0.3) is 0 Å². The van der Waals surface area contributed by atoms with E-state index in [0.29, 0.717) is 6.42 Å². The van der Waals surface area contributed by atoms with Crippen molar-refractivity contribution in [2.45, 2.75) is 32.8 Å². The molecule has 0 fully saturated rings. The first-order chi connectivity index (χ1) is 7.31. The van der Waals surface area contributed by atoms with Crippen LogP contribution in [0.25, 0.3) is 0 Å². The van der Waals surface area contributed by atoms with Crippen molar-refractivity contribution in [1.82, 2.24) is 5.32 Å². The zero-order valence-corrected chi connectivity index (χ0v) is 13.0. The molecule has 1 amide bonds. The summed E-state index contributed by atoms with van der Waals surface area (Å²) in [7, 11) is 0. The summed E-state index contributed by atoms with van der Waals surface area (Å²) in [5.41, 5.74) is -0.906. The number of carboxylic acids is 1. The molecule has 0 aromatic carbocycles. The van der Waals surface area contributed by atoms with E-state index in [1.165, 1.54) is 0 Å². The summed E-state index contributed by atoms with van der Waals surface area (Å²) in [6.07, 6.45) is -1.02. The third kappa shape index (κ3) is 9.07. The van der Waals surface area contributed by atoms with Gasteiger partial charge in [0.1, 0.15) is 6.10 Å². The molecule has 0 bridgehead atoms. The van der Waals surface area contributed by atoms with Gasteiger partial charge in [-0.3, -0.25) is 9.59 Å². The van der Waals surface area contributed by atoms with E-state index in [4.69, 9.17) is 10.2 Å². The van der Waals surface area contributed by atoms with Gasteiger partial charge in [-0.15, -0.1) is 0 Å². The fourth-order valence-corrected chi connectivity index (χ4v) is 0.989. The molecule has 0 heterocycles. The second-order valence-electron chi connectivity index (χ2n) is 4.34. The van der Waals surface area contributed by atoms with Gasteiger partial charge >= 0.3 is 43.7 Å². The molecule has 0 rings (SSSR count). The summed E-state index contributed by atoms with van der Waals surface area (Å²) in [5.74, 6) is -1.52. The minimum absolute atomic E-state index is 0. The number of amides is 1. The number of carboxylic acid groups (broad SMARTS) is 1. The third-order valence-corrected chi connectivity index (χ3v) is 2.26. The molecule has 0 spiro atoms. The van der Waals surface area contributed by atoms with Gasteiger partial charge in [-0.25, -0.2) is 0 Å². The number of aliphatic hydroxyl groups excluding tert-OH is 2. The second-order valence-corrected chi connectivity index (χ2v) is 4.34. The van der Waals surface area contributed by atoms with Crippen molar-refractivity contribution >= 4 is 49.6 Å². The van der Waals surface area contributed by atoms with E-state index in [9.17, 15) is 14.7 Å². The van der Waals surface area contributed by atoms with Gasteiger partial charge in [0, 0.05) is 18.4 Å². The Kier molecular flexibility index (Phi) is 14.1. The molecule has 0 aliphatic heterocycles. The molecule has 18 heavy (non-hydrogen) atoms. The van der Waals surface area contributed by atoms with Gasteiger partial charge < -0.3 is 29.0 Å². The number of aliphatic hydroxyl groups is 2. The quantitative estimate of drug-likeness (QED) is 0.329. The van der Waals surface area contributed by atoms with Crippen molar-refractivity contribution < 1.29 is 33.2 Å². The normalized spacial score (nSPS) is 11.8. The van der Waals surface area contributed by atoms with Crippen molar-refractivity contribution in [2.24, 2.45) is 5.41 Å². The van der Waals surface area contributed by atoms with Crippen LogP contribution in [-0.4, -0.2) is 89.7 Å². The van der Waals surface area contributed by atoms with E-state index in [1.54, 1.807) is 13.8 Å². The van der Waals surface area contributed by atoms with Crippen LogP contribution in [0.5, 0.6) is 0 Å². The summed E-state index contributed by atoms with van der Waals surface area (Å²) in [6, 6.07) is 0. The van der Waals surface area contributed by atoms with E-state index in [1.807, 2.05) is 0 Å². The van der Waals surface area contributed by atoms with Crippen molar-refractivity contribution in [1.29, 1.82) is 0 Å². The van der Waals surface area contributed by atoms with E-state index >= 15 is 0 Å². The molecule has 0 saturated heterocycles. The standard InChI is InChI=1S/C10H19NO5.Ca.H2O.2H/c1-10(2,6-12)8(15)9(16)11-5-3-4-7(13)14;;;;/h8,12,15H,3-6H2,1-2H3,(H,11,16)(H,13,14);;1H2;;/q;+2;;2*-1. The second kappa shape index (κ2) is 11.0. The molecule has 1 unspecified atom stereocenters. The molecule has 0 radical (unpaired) electrons. The Morgan fingerprint density at radius 2 is 1.89 bits per heavy atom. The molecule has 0 aliphatic carbocycles. The SMILES string of the molecule is CC(C)(CO)C(O)C(=O)NCCCC(=O)O.O.[Ca+2].[H-].[H-]. The first-order valence-corrected chi connectivity index (χ1v) is 5.09. The fourth-order valence-electron chi connectivity index (χ4n) is 0.989. The molecule has 0 aromatic rings. The predicted octanol–water partition coefficient (Wildman–Crippen LogP) is -1.63. The Bertz CT molecular complexity index is 268. The topological polar surface area (TPSA) is 138 Å². The predicted molar refractivity (Wildman–Crippen MR) is 68.3 cm³/mol. The number of hydrogen-bond acceptors (Lipinski definition) is 4. The fraction of sp³-hybridized carbons (Fsp3) is 0.800. The van der Waals surface area contributed by atoms with Gasteiger partial charge in [0.2, 0.25) is 5.91 Å². The van der Waals surface area contributed by atoms with Crippen LogP contribution in [0.4, 0.5) is 0 Å². The maximum Gasteiger partial charge on any atom is 2.00 e. The van der Waals surface area contributed by atoms with Crippen LogP contribution in [0, 0.1) is 5.41 Å². The molecule has 106 valence electrons. The zero-order chi connectivity index (χ0) is 12.8. The summed E-state index contributed by atoms with van der Waals surface area (Å²) in [5, 5.41) is 29.3. The number of aliphatic carboxylic acids is 1. The van der Waals surface area contributed by atoms with E-state index < -0.39 is 23.4 Å². The van der Waals surface area contributed by atoms with E-state index in [0.717, 1.165) is 0 Å². The molecule has 7 nitrogen and oxygen atoms in total. The minimum atomic E-state index is -1.30. The van der Waals surface area contributed by atoms with Gasteiger partial charge in [0.15, 0.2) is 0 Å². The van der Waals surface area contributed by atoms with E-state index in [-0.39, 0.29) is 65.6 Å². The number of nitrogens with one attached hydrogen (secondary N) is 1. The van der Waals surface area contributed by atoms with Crippen LogP contribution >= 0.6 is 0 Å². The molecule has 1 atom stereocenters. The summed E-state index contributed by atoms with van der Waals surface area (Å²) in [6.45, 7) is 3.02. The first-order valence-electron chi connectivity index (χ1n) is 5.09. The van der Waals surface area contributed by atoms with Crippen LogP contribution in [0.1, 0.15) is 29.5 Å². The van der Waals surface area contributed by atoms with Crippen molar-refractivity contribution in [2.75, 3.05) is 13.2 Å².